The van der Waals surface area contributed by atoms with Crippen LogP contribution in [-0.4, -0.2) is 36.2 Å². The van der Waals surface area contributed by atoms with E-state index in [2.05, 4.69) is 4.72 Å². The van der Waals surface area contributed by atoms with Gasteiger partial charge in [0, 0.05) is 34.9 Å². The topological polar surface area (TPSA) is 89.3 Å². The number of nitrogens with one attached hydrogen (secondary N) is 1. The Balaban J connectivity index is 2.89. The summed E-state index contributed by atoms with van der Waals surface area (Å²) in [5.41, 5.74) is 6.65. The van der Waals surface area contributed by atoms with E-state index in [0.29, 0.717) is 23.3 Å². The largest absolute Gasteiger partial charge is 0.389 e. The van der Waals surface area contributed by atoms with Crippen molar-refractivity contribution in [1.29, 1.82) is 0 Å². The summed E-state index contributed by atoms with van der Waals surface area (Å²) in [7, 11) is -4.53. The molecule has 0 saturated carbocycles. The minimum absolute atomic E-state index is 0.155. The smallest absolute Gasteiger partial charge is 0.240 e. The highest BCUT2D eigenvalue weighted by atomic mass is 32.2. The van der Waals surface area contributed by atoms with Crippen LogP contribution in [0, 0.1) is 6.92 Å². The summed E-state index contributed by atoms with van der Waals surface area (Å²) in [5, 5.41) is 0. The van der Waals surface area contributed by atoms with Crippen molar-refractivity contribution < 1.29 is 12.6 Å². The Morgan fingerprint density at radius 2 is 2.10 bits per heavy atom. The minimum atomic E-state index is -3.61. The lowest BCUT2D eigenvalue weighted by atomic mass is 10.1. The maximum absolute atomic E-state index is 12.2. The molecule has 0 fully saturated rings. The number of aryl methyl sites for hydroxylation is 1. The lowest BCUT2D eigenvalue weighted by Crippen LogP contribution is -2.26. The van der Waals surface area contributed by atoms with Gasteiger partial charge in [-0.05, 0) is 25.0 Å². The average Bonchev–Trinajstić information content (AvgIpc) is 2.34. The fourth-order valence-electron chi connectivity index (χ4n) is 1.60. The molecule has 0 bridgehead atoms. The van der Waals surface area contributed by atoms with Gasteiger partial charge in [0.05, 0.1) is 4.90 Å². The van der Waals surface area contributed by atoms with Crippen LogP contribution in [0.25, 0.3) is 0 Å². The first-order valence-electron chi connectivity index (χ1n) is 5.94. The van der Waals surface area contributed by atoms with Crippen LogP contribution in [0.1, 0.15) is 17.5 Å². The lowest BCUT2D eigenvalue weighted by Gasteiger charge is -2.10. The zero-order valence-corrected chi connectivity index (χ0v) is 13.8. The van der Waals surface area contributed by atoms with Gasteiger partial charge < -0.3 is 5.73 Å². The predicted octanol–water partition coefficient (Wildman–Crippen LogP) is 0.676. The number of benzene rings is 1. The van der Waals surface area contributed by atoms with Crippen LogP contribution >= 0.6 is 12.2 Å². The first-order chi connectivity index (χ1) is 9.24. The van der Waals surface area contributed by atoms with E-state index in [4.69, 9.17) is 18.0 Å². The van der Waals surface area contributed by atoms with Crippen molar-refractivity contribution in [3.8, 4) is 0 Å². The standard InChI is InChI=1S/C12H18N2O3S3/c1-9-4-5-10(12(13)18)8-11(9)20(16,17)14-6-3-7-19(2)15/h4-5,8,14H,3,6-7H2,1-2H3,(H2,13,18). The highest BCUT2D eigenvalue weighted by Gasteiger charge is 2.17. The molecular weight excluding hydrogens is 316 g/mol. The first-order valence-corrected chi connectivity index (χ1v) is 9.56. The van der Waals surface area contributed by atoms with E-state index in [0.717, 1.165) is 0 Å². The van der Waals surface area contributed by atoms with Gasteiger partial charge in [0.1, 0.15) is 4.99 Å². The molecule has 0 radical (unpaired) electrons. The van der Waals surface area contributed by atoms with E-state index in [1.807, 2.05) is 0 Å². The highest BCUT2D eigenvalue weighted by molar-refractivity contribution is 7.89. The Morgan fingerprint density at radius 3 is 2.65 bits per heavy atom. The van der Waals surface area contributed by atoms with E-state index < -0.39 is 20.8 Å². The minimum Gasteiger partial charge on any atom is -0.389 e. The van der Waals surface area contributed by atoms with Crippen LogP contribution < -0.4 is 10.5 Å². The van der Waals surface area contributed by atoms with Crippen molar-refractivity contribution >= 4 is 38.0 Å². The molecule has 0 aliphatic rings. The Labute approximate surface area is 127 Å². The third kappa shape index (κ3) is 4.93. The van der Waals surface area contributed by atoms with Crippen molar-refractivity contribution in [3.05, 3.63) is 29.3 Å². The lowest BCUT2D eigenvalue weighted by molar-refractivity contribution is 0.580. The van der Waals surface area contributed by atoms with Gasteiger partial charge in [-0.15, -0.1) is 0 Å². The number of rotatable bonds is 7. The van der Waals surface area contributed by atoms with Crippen LogP contribution in [0.5, 0.6) is 0 Å². The molecule has 0 saturated heterocycles. The van der Waals surface area contributed by atoms with E-state index in [-0.39, 0.29) is 16.4 Å². The molecule has 1 atom stereocenters. The molecule has 0 amide bonds. The monoisotopic (exact) mass is 334 g/mol. The number of hydrogen-bond acceptors (Lipinski definition) is 4. The van der Waals surface area contributed by atoms with Crippen molar-refractivity contribution in [2.75, 3.05) is 18.6 Å². The molecule has 0 spiro atoms. The molecule has 5 nitrogen and oxygen atoms in total. The van der Waals surface area contributed by atoms with Gasteiger partial charge in [-0.3, -0.25) is 4.21 Å². The maximum Gasteiger partial charge on any atom is 0.240 e. The van der Waals surface area contributed by atoms with Crippen molar-refractivity contribution in [3.63, 3.8) is 0 Å². The van der Waals surface area contributed by atoms with Gasteiger partial charge in [0.25, 0.3) is 0 Å². The fourth-order valence-corrected chi connectivity index (χ4v) is 3.62. The van der Waals surface area contributed by atoms with Crippen LogP contribution in [0.4, 0.5) is 0 Å². The normalized spacial score (nSPS) is 13.1. The molecule has 0 heterocycles. The fraction of sp³-hybridized carbons (Fsp3) is 0.417. The van der Waals surface area contributed by atoms with Crippen molar-refractivity contribution in [2.45, 2.75) is 18.2 Å². The van der Waals surface area contributed by atoms with Gasteiger partial charge in [0.15, 0.2) is 0 Å². The number of thiocarbonyl (C=S) groups is 1. The SMILES string of the molecule is Cc1ccc(C(N)=S)cc1S(=O)(=O)NCCCS(C)=O. The molecule has 8 heteroatoms. The number of sulfonamides is 1. The Kier molecular flexibility index (Phi) is 6.25. The van der Waals surface area contributed by atoms with E-state index in [9.17, 15) is 12.6 Å². The maximum atomic E-state index is 12.2. The average molecular weight is 334 g/mol. The second-order valence-electron chi connectivity index (χ2n) is 4.37. The summed E-state index contributed by atoms with van der Waals surface area (Å²) >= 11 is 4.85. The molecule has 1 unspecified atom stereocenters. The summed E-state index contributed by atoms with van der Waals surface area (Å²) < 4.78 is 37.8. The summed E-state index contributed by atoms with van der Waals surface area (Å²) in [4.78, 5) is 0.322. The zero-order chi connectivity index (χ0) is 15.3. The van der Waals surface area contributed by atoms with Gasteiger partial charge in [-0.2, -0.15) is 0 Å². The van der Waals surface area contributed by atoms with Gasteiger partial charge >= 0.3 is 0 Å². The van der Waals surface area contributed by atoms with E-state index in [1.54, 1.807) is 25.3 Å². The summed E-state index contributed by atoms with van der Waals surface area (Å²) in [6.07, 6.45) is 2.11. The van der Waals surface area contributed by atoms with Crippen molar-refractivity contribution in [1.82, 2.24) is 4.72 Å². The summed E-state index contributed by atoms with van der Waals surface area (Å²) in [6.45, 7) is 1.96. The predicted molar refractivity (Wildman–Crippen MR) is 85.8 cm³/mol. The zero-order valence-electron chi connectivity index (χ0n) is 11.4. The first kappa shape index (κ1) is 17.2. The Hall–Kier alpha value is -0.830. The quantitative estimate of drug-likeness (QED) is 0.565. The highest BCUT2D eigenvalue weighted by Crippen LogP contribution is 2.17. The molecule has 0 aliphatic heterocycles. The molecule has 1 rings (SSSR count). The van der Waals surface area contributed by atoms with Gasteiger partial charge in [-0.25, -0.2) is 13.1 Å². The Morgan fingerprint density at radius 1 is 1.45 bits per heavy atom. The second-order valence-corrected chi connectivity index (χ2v) is 8.10. The van der Waals surface area contributed by atoms with Crippen LogP contribution in [0.15, 0.2) is 23.1 Å². The van der Waals surface area contributed by atoms with Crippen LogP contribution in [0.3, 0.4) is 0 Å². The second kappa shape index (κ2) is 7.26. The van der Waals surface area contributed by atoms with Crippen LogP contribution in [-0.2, 0) is 20.8 Å². The van der Waals surface area contributed by atoms with E-state index >= 15 is 0 Å². The molecular formula is C12H18N2O3S3. The molecule has 20 heavy (non-hydrogen) atoms. The number of hydrogen-bond donors (Lipinski definition) is 2. The number of nitrogens with two attached hydrogens (primary N) is 1. The third-order valence-corrected chi connectivity index (χ3v) is 5.37. The van der Waals surface area contributed by atoms with Gasteiger partial charge in [-0.1, -0.05) is 24.4 Å². The third-order valence-electron chi connectivity index (χ3n) is 2.66. The molecule has 112 valence electrons. The Bertz CT molecular complexity index is 627. The molecule has 1 aromatic rings. The molecule has 0 aliphatic carbocycles. The molecule has 0 aromatic heterocycles. The summed E-state index contributed by atoms with van der Waals surface area (Å²) in [5.74, 6) is 0.467. The van der Waals surface area contributed by atoms with Gasteiger partial charge in [0.2, 0.25) is 10.0 Å². The summed E-state index contributed by atoms with van der Waals surface area (Å²) in [6, 6.07) is 4.83. The van der Waals surface area contributed by atoms with Crippen LogP contribution in [0.2, 0.25) is 0 Å². The van der Waals surface area contributed by atoms with Crippen molar-refractivity contribution in [2.24, 2.45) is 5.73 Å². The van der Waals surface area contributed by atoms with E-state index in [1.165, 1.54) is 6.07 Å². The molecule has 1 aromatic carbocycles. The molecule has 3 N–H and O–H groups in total.